The van der Waals surface area contributed by atoms with E-state index >= 15 is 0 Å². The molecule has 0 amide bonds. The lowest BCUT2D eigenvalue weighted by molar-refractivity contribution is 0.0979. The molecule has 4 rings (SSSR count). The van der Waals surface area contributed by atoms with Gasteiger partial charge in [0.1, 0.15) is 0 Å². The molecule has 0 aliphatic heterocycles. The Balaban J connectivity index is 2.11. The second kappa shape index (κ2) is 4.20. The van der Waals surface area contributed by atoms with Crippen molar-refractivity contribution in [3.05, 3.63) is 80.3 Å². The van der Waals surface area contributed by atoms with E-state index in [0.29, 0.717) is 27.6 Å². The molecule has 0 unspecified atom stereocenters. The van der Waals surface area contributed by atoms with Gasteiger partial charge in [-0.2, -0.15) is 0 Å². The summed E-state index contributed by atoms with van der Waals surface area (Å²) in [4.78, 5) is 37.0. The van der Waals surface area contributed by atoms with Crippen LogP contribution in [0.1, 0.15) is 31.8 Å². The second-order valence-electron chi connectivity index (χ2n) is 4.88. The first-order valence-corrected chi connectivity index (χ1v) is 7.29. The third-order valence-electron chi connectivity index (χ3n) is 3.71. The van der Waals surface area contributed by atoms with Gasteiger partial charge in [0.05, 0.1) is 0 Å². The first-order chi connectivity index (χ1) is 10.2. The lowest BCUT2D eigenvalue weighted by Gasteiger charge is -2.17. The van der Waals surface area contributed by atoms with Gasteiger partial charge >= 0.3 is 0 Å². The molecule has 0 bridgehead atoms. The molecule has 1 aliphatic carbocycles. The molecule has 0 spiro atoms. The summed E-state index contributed by atoms with van der Waals surface area (Å²) >= 11 is 1.38. The van der Waals surface area contributed by atoms with Gasteiger partial charge in [-0.15, -0.1) is 11.3 Å². The maximum atomic E-state index is 12.6. The van der Waals surface area contributed by atoms with Crippen molar-refractivity contribution in [1.29, 1.82) is 0 Å². The quantitative estimate of drug-likeness (QED) is 0.500. The maximum absolute atomic E-state index is 12.6. The number of hydrogen-bond donors (Lipinski definition) is 0. The Bertz CT molecular complexity index is 998. The van der Waals surface area contributed by atoms with Crippen molar-refractivity contribution in [3.8, 4) is 0 Å². The summed E-state index contributed by atoms with van der Waals surface area (Å²) in [6.45, 7) is 0. The summed E-state index contributed by atoms with van der Waals surface area (Å²) in [5.41, 5.74) is 1.40. The van der Waals surface area contributed by atoms with E-state index in [1.165, 1.54) is 17.4 Å². The van der Waals surface area contributed by atoms with Gasteiger partial charge in [-0.1, -0.05) is 24.3 Å². The number of benzene rings is 2. The zero-order chi connectivity index (χ0) is 14.6. The van der Waals surface area contributed by atoms with Crippen LogP contribution in [0.4, 0.5) is 0 Å². The van der Waals surface area contributed by atoms with Crippen molar-refractivity contribution >= 4 is 33.0 Å². The first kappa shape index (κ1) is 12.2. The van der Waals surface area contributed by atoms with Crippen molar-refractivity contribution in [1.82, 2.24) is 0 Å². The summed E-state index contributed by atoms with van der Waals surface area (Å²) in [7, 11) is 0. The minimum atomic E-state index is -0.199. The molecular weight excluding hydrogens is 284 g/mol. The summed E-state index contributed by atoms with van der Waals surface area (Å²) in [5, 5.41) is 2.18. The first-order valence-electron chi connectivity index (χ1n) is 6.41. The van der Waals surface area contributed by atoms with Gasteiger partial charge in [-0.25, -0.2) is 0 Å². The van der Waals surface area contributed by atoms with E-state index in [0.717, 1.165) is 4.70 Å². The molecule has 1 heterocycles. The monoisotopic (exact) mass is 292 g/mol. The molecule has 0 atom stereocenters. The minimum Gasteiger partial charge on any atom is -0.289 e. The Morgan fingerprint density at radius 1 is 0.714 bits per heavy atom. The van der Waals surface area contributed by atoms with Crippen LogP contribution in [0.25, 0.3) is 10.1 Å². The molecule has 2 aromatic carbocycles. The van der Waals surface area contributed by atoms with Gasteiger partial charge in [0.25, 0.3) is 0 Å². The molecule has 3 aromatic rings. The molecule has 3 nitrogen and oxygen atoms in total. The normalized spacial score (nSPS) is 13.1. The predicted molar refractivity (Wildman–Crippen MR) is 81.4 cm³/mol. The highest BCUT2D eigenvalue weighted by atomic mass is 32.1. The number of hydrogen-bond acceptors (Lipinski definition) is 4. The third kappa shape index (κ3) is 1.63. The maximum Gasteiger partial charge on any atom is 0.194 e. The van der Waals surface area contributed by atoms with Gasteiger partial charge in [-0.05, 0) is 23.6 Å². The fourth-order valence-corrected chi connectivity index (χ4v) is 3.48. The van der Waals surface area contributed by atoms with Gasteiger partial charge < -0.3 is 0 Å². The summed E-state index contributed by atoms with van der Waals surface area (Å²) in [5.74, 6) is -0.360. The lowest BCUT2D eigenvalue weighted by atomic mass is 9.83. The van der Waals surface area contributed by atoms with Crippen LogP contribution in [0.5, 0.6) is 0 Å². The number of carbonyl (C=O) groups is 2. The van der Waals surface area contributed by atoms with E-state index in [1.807, 2.05) is 0 Å². The average molecular weight is 292 g/mol. The second-order valence-corrected chi connectivity index (χ2v) is 5.83. The molecule has 1 aliphatic rings. The molecule has 0 saturated heterocycles. The van der Waals surface area contributed by atoms with Gasteiger partial charge in [0, 0.05) is 32.3 Å². The van der Waals surface area contributed by atoms with Crippen molar-refractivity contribution < 1.29 is 9.59 Å². The summed E-state index contributed by atoms with van der Waals surface area (Å²) in [6.07, 6.45) is 0. The highest BCUT2D eigenvalue weighted by Gasteiger charge is 2.29. The molecule has 1 aromatic heterocycles. The van der Waals surface area contributed by atoms with Crippen LogP contribution < -0.4 is 5.43 Å². The molecule has 0 radical (unpaired) electrons. The number of carbonyl (C=O) groups excluding carboxylic acids is 2. The zero-order valence-corrected chi connectivity index (χ0v) is 11.6. The van der Waals surface area contributed by atoms with E-state index in [2.05, 4.69) is 0 Å². The van der Waals surface area contributed by atoms with Crippen LogP contribution in [-0.2, 0) is 0 Å². The summed E-state index contributed by atoms with van der Waals surface area (Å²) < 4.78 is 0.724. The smallest absolute Gasteiger partial charge is 0.194 e. The van der Waals surface area contributed by atoms with Gasteiger partial charge in [0.15, 0.2) is 17.0 Å². The van der Waals surface area contributed by atoms with Crippen molar-refractivity contribution in [2.45, 2.75) is 0 Å². The highest BCUT2D eigenvalue weighted by molar-refractivity contribution is 7.16. The van der Waals surface area contributed by atoms with Gasteiger partial charge in [0.2, 0.25) is 0 Å². The van der Waals surface area contributed by atoms with E-state index in [4.69, 9.17) is 0 Å². The van der Waals surface area contributed by atoms with E-state index in [-0.39, 0.29) is 17.0 Å². The zero-order valence-electron chi connectivity index (χ0n) is 10.8. The Morgan fingerprint density at radius 3 is 2.00 bits per heavy atom. The topological polar surface area (TPSA) is 51.2 Å². The predicted octanol–water partition coefficient (Wildman–Crippen LogP) is 3.04. The Kier molecular flexibility index (Phi) is 2.43. The fourth-order valence-electron chi connectivity index (χ4n) is 2.67. The largest absolute Gasteiger partial charge is 0.289 e. The number of rotatable bonds is 0. The Morgan fingerprint density at radius 2 is 1.33 bits per heavy atom. The van der Waals surface area contributed by atoms with E-state index in [1.54, 1.807) is 41.8 Å². The molecule has 0 fully saturated rings. The standard InChI is InChI=1S/C17H8O3S/c18-14-5-6-21-15-8-12-11(7-13(14)15)16(19)9-3-1-2-4-10(9)17(12)20/h1-8H. The van der Waals surface area contributed by atoms with Crippen LogP contribution in [-0.4, -0.2) is 11.6 Å². The van der Waals surface area contributed by atoms with Crippen LogP contribution >= 0.6 is 11.3 Å². The van der Waals surface area contributed by atoms with Crippen LogP contribution in [0, 0.1) is 0 Å². The molecule has 0 N–H and O–H groups in total. The van der Waals surface area contributed by atoms with Crippen LogP contribution in [0.3, 0.4) is 0 Å². The molecule has 21 heavy (non-hydrogen) atoms. The molecule has 100 valence electrons. The van der Waals surface area contributed by atoms with E-state index < -0.39 is 0 Å². The Labute approximate surface area is 123 Å². The number of fused-ring (bicyclic) bond motifs is 3. The van der Waals surface area contributed by atoms with Gasteiger partial charge in [-0.3, -0.25) is 14.4 Å². The SMILES string of the molecule is O=C1c2ccccc2C(=O)c2cc3c(=O)ccsc3cc21. The molecular formula is C17H8O3S. The van der Waals surface area contributed by atoms with Crippen molar-refractivity contribution in [3.63, 3.8) is 0 Å². The fraction of sp³-hybridized carbons (Fsp3) is 0. The van der Waals surface area contributed by atoms with Crippen molar-refractivity contribution in [2.24, 2.45) is 0 Å². The van der Waals surface area contributed by atoms with Crippen molar-refractivity contribution in [2.75, 3.05) is 0 Å². The number of ketones is 2. The minimum absolute atomic E-state index is 0.134. The van der Waals surface area contributed by atoms with E-state index in [9.17, 15) is 14.4 Å². The highest BCUT2D eigenvalue weighted by Crippen LogP contribution is 2.30. The molecule has 0 saturated carbocycles. The third-order valence-corrected chi connectivity index (χ3v) is 4.57. The lowest BCUT2D eigenvalue weighted by Crippen LogP contribution is -2.21. The van der Waals surface area contributed by atoms with Crippen LogP contribution in [0.2, 0.25) is 0 Å². The Hall–Kier alpha value is -2.59. The van der Waals surface area contributed by atoms with Crippen LogP contribution in [0.15, 0.2) is 52.6 Å². The average Bonchev–Trinajstić information content (AvgIpc) is 2.52. The molecule has 4 heteroatoms. The summed E-state index contributed by atoms with van der Waals surface area (Å²) in [6, 6.07) is 11.5.